The lowest BCUT2D eigenvalue weighted by molar-refractivity contribution is 0.315. The van der Waals surface area contributed by atoms with E-state index in [-0.39, 0.29) is 0 Å². The van der Waals surface area contributed by atoms with Crippen LogP contribution in [0.4, 0.5) is 0 Å². The van der Waals surface area contributed by atoms with Gasteiger partial charge >= 0.3 is 0 Å². The predicted molar refractivity (Wildman–Crippen MR) is 127 cm³/mol. The Balaban J connectivity index is 1.40. The van der Waals surface area contributed by atoms with E-state index >= 15 is 0 Å². The fourth-order valence-electron chi connectivity index (χ4n) is 6.12. The van der Waals surface area contributed by atoms with Crippen LogP contribution in [0.15, 0.2) is 0 Å². The maximum atomic E-state index is 3.74. The molecule has 4 rings (SSSR count). The van der Waals surface area contributed by atoms with Crippen molar-refractivity contribution < 1.29 is 0 Å². The molecule has 30 heavy (non-hydrogen) atoms. The van der Waals surface area contributed by atoms with Crippen molar-refractivity contribution in [3.05, 3.63) is 0 Å². The Morgan fingerprint density at radius 1 is 0.267 bits per heavy atom. The smallest absolute Gasteiger partial charge is 0.0226 e. The predicted octanol–water partition coefficient (Wildman–Crippen LogP) is 7.77. The quantitative estimate of drug-likeness (QED) is 0.363. The van der Waals surface area contributed by atoms with Gasteiger partial charge in [0, 0.05) is 35.5 Å². The monoisotopic (exact) mass is 402 g/mol. The normalized spacial score (nSPS) is 31.4. The van der Waals surface area contributed by atoms with Gasteiger partial charge in [-0.2, -0.15) is 0 Å². The summed E-state index contributed by atoms with van der Waals surface area (Å²) in [5.41, 5.74) is 0. The van der Waals surface area contributed by atoms with Crippen molar-refractivity contribution in [3.8, 4) is 35.5 Å². The minimum Gasteiger partial charge on any atom is -0.0996 e. The Bertz CT molecular complexity index is 586. The van der Waals surface area contributed by atoms with E-state index in [9.17, 15) is 0 Å². The topological polar surface area (TPSA) is 0 Å². The van der Waals surface area contributed by atoms with E-state index in [1.165, 1.54) is 116 Å². The van der Waals surface area contributed by atoms with Crippen molar-refractivity contribution >= 4 is 0 Å². The first-order chi connectivity index (χ1) is 14.8. The van der Waals surface area contributed by atoms with Gasteiger partial charge in [-0.05, 0) is 57.8 Å². The molecule has 0 nitrogen and oxygen atoms in total. The van der Waals surface area contributed by atoms with Crippen LogP contribution in [0.2, 0.25) is 0 Å². The maximum absolute atomic E-state index is 3.74. The molecule has 0 atom stereocenters. The Labute approximate surface area is 186 Å². The van der Waals surface area contributed by atoms with Crippen LogP contribution in [0.3, 0.4) is 0 Å². The molecule has 4 saturated carbocycles. The van der Waals surface area contributed by atoms with Crippen LogP contribution in [0.5, 0.6) is 0 Å². The summed E-state index contributed by atoms with van der Waals surface area (Å²) in [6, 6.07) is 0. The van der Waals surface area contributed by atoms with E-state index in [0.29, 0.717) is 35.5 Å². The zero-order valence-electron chi connectivity index (χ0n) is 19.2. The Morgan fingerprint density at radius 2 is 0.500 bits per heavy atom. The molecule has 0 aliphatic heterocycles. The zero-order chi connectivity index (χ0) is 20.4. The summed E-state index contributed by atoms with van der Waals surface area (Å²) in [6.45, 7) is 0. The van der Waals surface area contributed by atoms with Gasteiger partial charge in [0.1, 0.15) is 0 Å². The summed E-state index contributed by atoms with van der Waals surface area (Å²) >= 11 is 0. The van der Waals surface area contributed by atoms with E-state index < -0.39 is 0 Å². The summed E-state index contributed by atoms with van der Waals surface area (Å²) in [6.07, 6.45) is 24.1. The SMILES string of the molecule is C(#CC1CC(C#CC2CCCCC2)CC(C#CC2CCCCC2)C1)C1CCCCC1. The lowest BCUT2D eigenvalue weighted by Crippen LogP contribution is -2.21. The van der Waals surface area contributed by atoms with Crippen LogP contribution in [0.1, 0.15) is 116 Å². The first-order valence-corrected chi connectivity index (χ1v) is 13.4. The van der Waals surface area contributed by atoms with Gasteiger partial charge in [0.2, 0.25) is 0 Å². The van der Waals surface area contributed by atoms with Crippen molar-refractivity contribution in [2.24, 2.45) is 35.5 Å². The molecule has 0 amide bonds. The van der Waals surface area contributed by atoms with Crippen molar-refractivity contribution in [1.82, 2.24) is 0 Å². The van der Waals surface area contributed by atoms with Crippen LogP contribution in [-0.2, 0) is 0 Å². The van der Waals surface area contributed by atoms with Crippen LogP contribution in [0.25, 0.3) is 0 Å². The second-order valence-corrected chi connectivity index (χ2v) is 10.7. The molecule has 0 aromatic heterocycles. The maximum Gasteiger partial charge on any atom is 0.0226 e. The average molecular weight is 403 g/mol. The van der Waals surface area contributed by atoms with Crippen LogP contribution >= 0.6 is 0 Å². The molecule has 0 heteroatoms. The van der Waals surface area contributed by atoms with Gasteiger partial charge in [-0.15, -0.1) is 0 Å². The highest BCUT2D eigenvalue weighted by molar-refractivity contribution is 5.18. The minimum atomic E-state index is 0.525. The van der Waals surface area contributed by atoms with Crippen molar-refractivity contribution in [1.29, 1.82) is 0 Å². The van der Waals surface area contributed by atoms with Crippen LogP contribution in [-0.4, -0.2) is 0 Å². The standard InChI is InChI=1S/C30H42/c1-4-10-25(11-5-1)16-19-28-22-29(20-17-26-12-6-2-7-13-26)24-30(23-28)21-18-27-14-8-3-9-15-27/h25-30H,1-15,22-24H2. The first-order valence-electron chi connectivity index (χ1n) is 13.4. The van der Waals surface area contributed by atoms with E-state index in [0.717, 1.165) is 0 Å². The van der Waals surface area contributed by atoms with Gasteiger partial charge in [-0.1, -0.05) is 93.3 Å². The van der Waals surface area contributed by atoms with Crippen molar-refractivity contribution in [2.75, 3.05) is 0 Å². The Kier molecular flexibility index (Phi) is 8.69. The summed E-state index contributed by atoms with van der Waals surface area (Å²) in [5, 5.41) is 0. The Hall–Kier alpha value is -1.32. The molecule has 0 bridgehead atoms. The third-order valence-electron chi connectivity index (χ3n) is 8.00. The number of rotatable bonds is 0. The van der Waals surface area contributed by atoms with E-state index in [1.54, 1.807) is 0 Å². The van der Waals surface area contributed by atoms with Gasteiger partial charge < -0.3 is 0 Å². The minimum absolute atomic E-state index is 0.525. The first kappa shape index (κ1) is 21.9. The third-order valence-corrected chi connectivity index (χ3v) is 8.00. The van der Waals surface area contributed by atoms with Crippen LogP contribution in [0, 0.1) is 71.0 Å². The Morgan fingerprint density at radius 3 is 0.767 bits per heavy atom. The third kappa shape index (κ3) is 7.13. The van der Waals surface area contributed by atoms with Gasteiger partial charge in [0.05, 0.1) is 0 Å². The zero-order valence-corrected chi connectivity index (χ0v) is 19.2. The molecule has 4 aliphatic rings. The average Bonchev–Trinajstić information content (AvgIpc) is 2.82. The summed E-state index contributed by atoms with van der Waals surface area (Å²) in [5.74, 6) is 25.9. The van der Waals surface area contributed by atoms with Crippen molar-refractivity contribution in [3.63, 3.8) is 0 Å². The summed E-state index contributed by atoms with van der Waals surface area (Å²) < 4.78 is 0. The molecule has 0 aromatic carbocycles. The molecule has 162 valence electrons. The second kappa shape index (κ2) is 11.9. The highest BCUT2D eigenvalue weighted by Gasteiger charge is 2.27. The highest BCUT2D eigenvalue weighted by Crippen LogP contribution is 2.34. The molecule has 0 heterocycles. The fraction of sp³-hybridized carbons (Fsp3) is 0.800. The number of hydrogen-bond acceptors (Lipinski definition) is 0. The van der Waals surface area contributed by atoms with Crippen LogP contribution < -0.4 is 0 Å². The van der Waals surface area contributed by atoms with Gasteiger partial charge in [-0.25, -0.2) is 0 Å². The number of hydrogen-bond donors (Lipinski definition) is 0. The molecule has 0 unspecified atom stereocenters. The van der Waals surface area contributed by atoms with E-state index in [4.69, 9.17) is 0 Å². The lowest BCUT2D eigenvalue weighted by atomic mass is 9.75. The molecule has 0 N–H and O–H groups in total. The van der Waals surface area contributed by atoms with Gasteiger partial charge in [0.15, 0.2) is 0 Å². The molecule has 0 spiro atoms. The lowest BCUT2D eigenvalue weighted by Gasteiger charge is -2.28. The van der Waals surface area contributed by atoms with E-state index in [1.807, 2.05) is 0 Å². The van der Waals surface area contributed by atoms with Gasteiger partial charge in [0.25, 0.3) is 0 Å². The summed E-state index contributed by atoms with van der Waals surface area (Å²) in [4.78, 5) is 0. The highest BCUT2D eigenvalue weighted by atomic mass is 14.3. The largest absolute Gasteiger partial charge is 0.0996 e. The molecule has 0 saturated heterocycles. The fourth-order valence-corrected chi connectivity index (χ4v) is 6.12. The van der Waals surface area contributed by atoms with E-state index in [2.05, 4.69) is 35.5 Å². The second-order valence-electron chi connectivity index (χ2n) is 10.7. The van der Waals surface area contributed by atoms with Gasteiger partial charge in [-0.3, -0.25) is 0 Å². The molecular formula is C30H42. The molecule has 4 aliphatic carbocycles. The summed E-state index contributed by atoms with van der Waals surface area (Å²) in [7, 11) is 0. The molecular weight excluding hydrogens is 360 g/mol. The van der Waals surface area contributed by atoms with Crippen molar-refractivity contribution in [2.45, 2.75) is 116 Å². The molecule has 0 aromatic rings. The molecule has 4 fully saturated rings. The molecule has 0 radical (unpaired) electrons.